The number of aliphatic imine (C=N–C) groups is 1. The van der Waals surface area contributed by atoms with E-state index in [0.717, 1.165) is 0 Å². The summed E-state index contributed by atoms with van der Waals surface area (Å²) in [7, 11) is 1.87. The van der Waals surface area contributed by atoms with Crippen LogP contribution in [-0.4, -0.2) is 19.4 Å². The van der Waals surface area contributed by atoms with E-state index in [4.69, 9.17) is 0 Å². The van der Waals surface area contributed by atoms with Crippen LogP contribution in [0.3, 0.4) is 0 Å². The molecule has 0 aromatic rings. The SMILES string of the molecule is C=C/C=N\C(C)NC. The first-order chi connectivity index (χ1) is 3.81. The molecule has 0 fully saturated rings. The van der Waals surface area contributed by atoms with Crippen LogP contribution in [0.15, 0.2) is 17.6 Å². The molecule has 0 bridgehead atoms. The van der Waals surface area contributed by atoms with Crippen molar-refractivity contribution in [2.24, 2.45) is 4.99 Å². The summed E-state index contributed by atoms with van der Waals surface area (Å²) in [6.45, 7) is 5.46. The largest absolute Gasteiger partial charge is 0.299 e. The van der Waals surface area contributed by atoms with Crippen LogP contribution in [0, 0.1) is 0 Å². The average Bonchev–Trinajstić information content (AvgIpc) is 1.83. The van der Waals surface area contributed by atoms with E-state index < -0.39 is 0 Å². The van der Waals surface area contributed by atoms with Gasteiger partial charge < -0.3 is 0 Å². The molecule has 0 aromatic heterocycles. The third-order valence-electron chi connectivity index (χ3n) is 0.833. The lowest BCUT2D eigenvalue weighted by Gasteiger charge is -1.99. The van der Waals surface area contributed by atoms with E-state index in [9.17, 15) is 0 Å². The van der Waals surface area contributed by atoms with Gasteiger partial charge in [-0.2, -0.15) is 0 Å². The Hall–Kier alpha value is -0.630. The Balaban J connectivity index is 3.35. The van der Waals surface area contributed by atoms with Crippen LogP contribution < -0.4 is 5.32 Å². The second-order valence-electron chi connectivity index (χ2n) is 1.50. The van der Waals surface area contributed by atoms with Gasteiger partial charge in [-0.25, -0.2) is 0 Å². The van der Waals surface area contributed by atoms with Gasteiger partial charge in [0.15, 0.2) is 0 Å². The third kappa shape index (κ3) is 3.56. The normalized spacial score (nSPS) is 14.2. The molecule has 2 nitrogen and oxygen atoms in total. The molecule has 0 amide bonds. The molecular formula is C6H12N2. The van der Waals surface area contributed by atoms with E-state index in [-0.39, 0.29) is 6.17 Å². The summed E-state index contributed by atoms with van der Waals surface area (Å²) >= 11 is 0. The Morgan fingerprint density at radius 3 is 2.75 bits per heavy atom. The monoisotopic (exact) mass is 112 g/mol. The molecule has 0 aliphatic carbocycles. The highest BCUT2D eigenvalue weighted by molar-refractivity contribution is 5.70. The molecule has 0 aromatic carbocycles. The van der Waals surface area contributed by atoms with Crippen LogP contribution in [0.25, 0.3) is 0 Å². The summed E-state index contributed by atoms with van der Waals surface area (Å²) in [6, 6.07) is 0. The summed E-state index contributed by atoms with van der Waals surface area (Å²) in [4.78, 5) is 4.01. The number of allylic oxidation sites excluding steroid dienone is 1. The molecule has 1 unspecified atom stereocenters. The summed E-state index contributed by atoms with van der Waals surface area (Å²) in [6.07, 6.45) is 3.54. The van der Waals surface area contributed by atoms with Crippen molar-refractivity contribution in [1.82, 2.24) is 5.32 Å². The van der Waals surface area contributed by atoms with Crippen molar-refractivity contribution in [3.8, 4) is 0 Å². The van der Waals surface area contributed by atoms with E-state index in [2.05, 4.69) is 16.9 Å². The van der Waals surface area contributed by atoms with Crippen LogP contribution in [0.5, 0.6) is 0 Å². The molecule has 0 heterocycles. The molecule has 0 spiro atoms. The first kappa shape index (κ1) is 7.37. The minimum absolute atomic E-state index is 0.202. The van der Waals surface area contributed by atoms with Crippen molar-refractivity contribution in [3.05, 3.63) is 12.7 Å². The molecule has 0 radical (unpaired) electrons. The van der Waals surface area contributed by atoms with Gasteiger partial charge in [-0.3, -0.25) is 10.3 Å². The fourth-order valence-corrected chi connectivity index (χ4v) is 0.264. The number of hydrogen-bond acceptors (Lipinski definition) is 2. The molecule has 0 rings (SSSR count). The van der Waals surface area contributed by atoms with Crippen molar-refractivity contribution >= 4 is 6.21 Å². The smallest absolute Gasteiger partial charge is 0.0963 e. The summed E-state index contributed by atoms with van der Waals surface area (Å²) < 4.78 is 0. The van der Waals surface area contributed by atoms with Gasteiger partial charge in [0.25, 0.3) is 0 Å². The predicted octanol–water partition coefficient (Wildman–Crippen LogP) is 0.809. The van der Waals surface area contributed by atoms with Gasteiger partial charge >= 0.3 is 0 Å². The quantitative estimate of drug-likeness (QED) is 0.537. The van der Waals surface area contributed by atoms with Crippen LogP contribution in [0.2, 0.25) is 0 Å². The fourth-order valence-electron chi connectivity index (χ4n) is 0.264. The zero-order valence-corrected chi connectivity index (χ0v) is 5.39. The zero-order chi connectivity index (χ0) is 6.41. The molecule has 1 atom stereocenters. The van der Waals surface area contributed by atoms with Gasteiger partial charge in [0.1, 0.15) is 0 Å². The number of rotatable bonds is 3. The van der Waals surface area contributed by atoms with E-state index in [1.807, 2.05) is 14.0 Å². The average molecular weight is 112 g/mol. The Morgan fingerprint density at radius 1 is 1.75 bits per heavy atom. The summed E-state index contributed by atoms with van der Waals surface area (Å²) in [5.74, 6) is 0. The van der Waals surface area contributed by atoms with E-state index in [1.54, 1.807) is 12.3 Å². The molecule has 0 aliphatic rings. The van der Waals surface area contributed by atoms with Crippen molar-refractivity contribution in [2.45, 2.75) is 13.1 Å². The number of nitrogens with one attached hydrogen (secondary N) is 1. The first-order valence-electron chi connectivity index (χ1n) is 2.62. The highest BCUT2D eigenvalue weighted by atomic mass is 15.0. The van der Waals surface area contributed by atoms with Crippen LogP contribution in [0.4, 0.5) is 0 Å². The molecule has 0 aliphatic heterocycles. The van der Waals surface area contributed by atoms with Gasteiger partial charge in [-0.05, 0) is 14.0 Å². The molecule has 1 N–H and O–H groups in total. The Bertz CT molecular complexity index is 86.5. The second kappa shape index (κ2) is 4.53. The lowest BCUT2D eigenvalue weighted by molar-refractivity contribution is 0.644. The number of hydrogen-bond donors (Lipinski definition) is 1. The van der Waals surface area contributed by atoms with E-state index in [1.165, 1.54) is 0 Å². The zero-order valence-electron chi connectivity index (χ0n) is 5.39. The molecule has 46 valence electrons. The Labute approximate surface area is 50.3 Å². The molecule has 0 saturated carbocycles. The molecule has 2 heteroatoms. The predicted molar refractivity (Wildman–Crippen MR) is 37.2 cm³/mol. The topological polar surface area (TPSA) is 24.4 Å². The van der Waals surface area contributed by atoms with Crippen molar-refractivity contribution < 1.29 is 0 Å². The standard InChI is InChI=1S/C6H12N2/c1-4-5-8-6(2)7-3/h4-7H,1H2,2-3H3/b8-5-. The highest BCUT2D eigenvalue weighted by Crippen LogP contribution is 1.77. The van der Waals surface area contributed by atoms with Crippen LogP contribution in [0.1, 0.15) is 6.92 Å². The summed E-state index contributed by atoms with van der Waals surface area (Å²) in [5, 5.41) is 2.95. The second-order valence-corrected chi connectivity index (χ2v) is 1.50. The minimum atomic E-state index is 0.202. The van der Waals surface area contributed by atoms with Crippen LogP contribution in [-0.2, 0) is 0 Å². The van der Waals surface area contributed by atoms with Gasteiger partial charge in [0.05, 0.1) is 6.17 Å². The van der Waals surface area contributed by atoms with Crippen molar-refractivity contribution in [1.29, 1.82) is 0 Å². The lowest BCUT2D eigenvalue weighted by Crippen LogP contribution is -2.18. The maximum atomic E-state index is 4.01. The van der Waals surface area contributed by atoms with Gasteiger partial charge in [-0.15, -0.1) is 0 Å². The van der Waals surface area contributed by atoms with Crippen molar-refractivity contribution in [3.63, 3.8) is 0 Å². The van der Waals surface area contributed by atoms with Crippen molar-refractivity contribution in [2.75, 3.05) is 7.05 Å². The maximum Gasteiger partial charge on any atom is 0.0963 e. The molecule has 0 saturated heterocycles. The Kier molecular flexibility index (Phi) is 4.17. The number of nitrogens with zero attached hydrogens (tertiary/aromatic N) is 1. The molecular weight excluding hydrogens is 100 g/mol. The van der Waals surface area contributed by atoms with Gasteiger partial charge in [-0.1, -0.05) is 12.7 Å². The lowest BCUT2D eigenvalue weighted by atomic mass is 10.6. The molecule has 8 heavy (non-hydrogen) atoms. The van der Waals surface area contributed by atoms with E-state index in [0.29, 0.717) is 0 Å². The van der Waals surface area contributed by atoms with E-state index >= 15 is 0 Å². The maximum absolute atomic E-state index is 4.01. The van der Waals surface area contributed by atoms with Crippen LogP contribution >= 0.6 is 0 Å². The third-order valence-corrected chi connectivity index (χ3v) is 0.833. The summed E-state index contributed by atoms with van der Waals surface area (Å²) in [5.41, 5.74) is 0. The highest BCUT2D eigenvalue weighted by Gasteiger charge is 1.85. The minimum Gasteiger partial charge on any atom is -0.299 e. The Morgan fingerprint density at radius 2 is 2.38 bits per heavy atom. The fraction of sp³-hybridized carbons (Fsp3) is 0.500. The van der Waals surface area contributed by atoms with Gasteiger partial charge in [0.2, 0.25) is 0 Å². The first-order valence-corrected chi connectivity index (χ1v) is 2.62. The van der Waals surface area contributed by atoms with Gasteiger partial charge in [0, 0.05) is 6.21 Å².